The van der Waals surface area contributed by atoms with Crippen molar-refractivity contribution in [1.29, 1.82) is 0 Å². The SMILES string of the molecule is NC(=O)/C=C1\CCc2c(Br)c(Br)c3c(c21)CCO3. The summed E-state index contributed by atoms with van der Waals surface area (Å²) in [7, 11) is 0. The number of hydrogen-bond acceptors (Lipinski definition) is 2. The number of rotatable bonds is 1. The molecule has 0 fully saturated rings. The monoisotopic (exact) mass is 371 g/mol. The maximum absolute atomic E-state index is 11.1. The lowest BCUT2D eigenvalue weighted by atomic mass is 9.98. The summed E-state index contributed by atoms with van der Waals surface area (Å²) in [6, 6.07) is 0. The molecule has 1 amide bonds. The average Bonchev–Trinajstić information content (AvgIpc) is 2.91. The van der Waals surface area contributed by atoms with Crippen molar-refractivity contribution in [3.8, 4) is 5.75 Å². The summed E-state index contributed by atoms with van der Waals surface area (Å²) in [6.45, 7) is 0.695. The van der Waals surface area contributed by atoms with Crippen LogP contribution in [0.5, 0.6) is 5.75 Å². The summed E-state index contributed by atoms with van der Waals surface area (Å²) < 4.78 is 7.68. The first-order valence-electron chi connectivity index (χ1n) is 5.75. The van der Waals surface area contributed by atoms with E-state index in [2.05, 4.69) is 31.9 Å². The molecule has 3 nitrogen and oxygen atoms in total. The van der Waals surface area contributed by atoms with E-state index in [1.807, 2.05) is 0 Å². The van der Waals surface area contributed by atoms with Gasteiger partial charge in [-0.05, 0) is 61.4 Å². The minimum absolute atomic E-state index is 0.385. The number of allylic oxidation sites excluding steroid dienone is 1. The van der Waals surface area contributed by atoms with Crippen molar-refractivity contribution in [3.63, 3.8) is 0 Å². The first-order valence-corrected chi connectivity index (χ1v) is 7.34. The molecule has 0 aromatic heterocycles. The first kappa shape index (κ1) is 12.2. The Morgan fingerprint density at radius 2 is 1.94 bits per heavy atom. The lowest BCUT2D eigenvalue weighted by Gasteiger charge is -2.12. The summed E-state index contributed by atoms with van der Waals surface area (Å²) in [6.07, 6.45) is 4.23. The normalized spacial score (nSPS) is 18.7. The van der Waals surface area contributed by atoms with Gasteiger partial charge in [-0.25, -0.2) is 0 Å². The summed E-state index contributed by atoms with van der Waals surface area (Å²) in [5.74, 6) is 0.516. The van der Waals surface area contributed by atoms with Gasteiger partial charge in [0, 0.05) is 22.5 Å². The molecule has 18 heavy (non-hydrogen) atoms. The molecule has 3 rings (SSSR count). The van der Waals surface area contributed by atoms with E-state index in [1.165, 1.54) is 11.1 Å². The number of hydrogen-bond donors (Lipinski definition) is 1. The quantitative estimate of drug-likeness (QED) is 0.770. The van der Waals surface area contributed by atoms with E-state index in [9.17, 15) is 4.79 Å². The van der Waals surface area contributed by atoms with Gasteiger partial charge in [0.25, 0.3) is 0 Å². The second-order valence-electron chi connectivity index (χ2n) is 4.46. The number of fused-ring (bicyclic) bond motifs is 3. The standard InChI is InChI=1S/C13H11Br2NO2/c14-11-7-2-1-6(5-9(16)17)10(7)8-3-4-18-13(8)12(11)15/h5H,1-4H2,(H2,16,17)/b6-5+. The highest BCUT2D eigenvalue weighted by molar-refractivity contribution is 9.13. The zero-order valence-electron chi connectivity index (χ0n) is 9.56. The number of ether oxygens (including phenoxy) is 1. The summed E-state index contributed by atoms with van der Waals surface area (Å²) in [4.78, 5) is 11.1. The van der Waals surface area contributed by atoms with Crippen LogP contribution in [0.3, 0.4) is 0 Å². The van der Waals surface area contributed by atoms with E-state index >= 15 is 0 Å². The van der Waals surface area contributed by atoms with E-state index in [-0.39, 0.29) is 5.91 Å². The first-order chi connectivity index (χ1) is 8.59. The Kier molecular flexibility index (Phi) is 2.98. The molecule has 1 heterocycles. The summed E-state index contributed by atoms with van der Waals surface area (Å²) in [5, 5.41) is 0. The fourth-order valence-corrected chi connectivity index (χ4v) is 3.91. The Labute approximate surface area is 122 Å². The average molecular weight is 373 g/mol. The number of nitrogens with two attached hydrogens (primary N) is 1. The fraction of sp³-hybridized carbons (Fsp3) is 0.308. The Balaban J connectivity index is 2.28. The fourth-order valence-electron chi connectivity index (χ4n) is 2.74. The maximum atomic E-state index is 11.1. The van der Waals surface area contributed by atoms with Crippen LogP contribution in [-0.4, -0.2) is 12.5 Å². The zero-order valence-corrected chi connectivity index (χ0v) is 12.7. The second-order valence-corrected chi connectivity index (χ2v) is 6.05. The molecule has 0 saturated heterocycles. The van der Waals surface area contributed by atoms with Gasteiger partial charge < -0.3 is 10.5 Å². The number of benzene rings is 1. The van der Waals surface area contributed by atoms with Crippen molar-refractivity contribution >= 4 is 43.3 Å². The van der Waals surface area contributed by atoms with Crippen molar-refractivity contribution in [3.05, 3.63) is 31.7 Å². The largest absolute Gasteiger partial charge is 0.492 e. The molecule has 2 aliphatic rings. The maximum Gasteiger partial charge on any atom is 0.241 e. The van der Waals surface area contributed by atoms with Crippen molar-refractivity contribution in [1.82, 2.24) is 0 Å². The number of halogens is 2. The van der Waals surface area contributed by atoms with Gasteiger partial charge in [0.2, 0.25) is 5.91 Å². The van der Waals surface area contributed by atoms with E-state index in [0.717, 1.165) is 45.1 Å². The van der Waals surface area contributed by atoms with Gasteiger partial charge in [0.05, 0.1) is 11.1 Å². The molecule has 1 aromatic carbocycles. The lowest BCUT2D eigenvalue weighted by molar-refractivity contribution is -0.113. The van der Waals surface area contributed by atoms with Crippen LogP contribution in [0.4, 0.5) is 0 Å². The Hall–Kier alpha value is -0.810. The van der Waals surface area contributed by atoms with Gasteiger partial charge in [0.15, 0.2) is 0 Å². The van der Waals surface area contributed by atoms with Gasteiger partial charge in [-0.2, -0.15) is 0 Å². The third-order valence-corrected chi connectivity index (χ3v) is 5.58. The number of primary amides is 1. The Morgan fingerprint density at radius 3 is 2.67 bits per heavy atom. The third kappa shape index (κ3) is 1.72. The molecule has 2 N–H and O–H groups in total. The van der Waals surface area contributed by atoms with Crippen LogP contribution in [0, 0.1) is 0 Å². The van der Waals surface area contributed by atoms with Crippen molar-refractivity contribution in [2.75, 3.05) is 6.61 Å². The highest BCUT2D eigenvalue weighted by atomic mass is 79.9. The van der Waals surface area contributed by atoms with Gasteiger partial charge in [-0.1, -0.05) is 0 Å². The van der Waals surface area contributed by atoms with Crippen molar-refractivity contribution in [2.24, 2.45) is 5.73 Å². The van der Waals surface area contributed by atoms with E-state index in [4.69, 9.17) is 10.5 Å². The Bertz CT molecular complexity index is 593. The number of carbonyl (C=O) groups excluding carboxylic acids is 1. The molecule has 94 valence electrons. The molecule has 0 atom stereocenters. The minimum Gasteiger partial charge on any atom is -0.492 e. The number of amides is 1. The van der Waals surface area contributed by atoms with Crippen LogP contribution in [0.25, 0.3) is 5.57 Å². The predicted octanol–water partition coefficient (Wildman–Crippen LogP) is 2.96. The molecular formula is C13H11Br2NO2. The third-order valence-electron chi connectivity index (χ3n) is 3.42. The summed E-state index contributed by atoms with van der Waals surface area (Å²) in [5.41, 5.74) is 9.92. The topological polar surface area (TPSA) is 52.3 Å². The molecule has 0 bridgehead atoms. The van der Waals surface area contributed by atoms with Gasteiger partial charge in [-0.3, -0.25) is 4.79 Å². The minimum atomic E-state index is -0.385. The lowest BCUT2D eigenvalue weighted by Crippen LogP contribution is -2.07. The van der Waals surface area contributed by atoms with Crippen LogP contribution in [-0.2, 0) is 17.6 Å². The number of carbonyl (C=O) groups is 1. The van der Waals surface area contributed by atoms with Crippen LogP contribution in [0.2, 0.25) is 0 Å². The van der Waals surface area contributed by atoms with Crippen LogP contribution >= 0.6 is 31.9 Å². The van der Waals surface area contributed by atoms with E-state index < -0.39 is 0 Å². The molecule has 1 aromatic rings. The smallest absolute Gasteiger partial charge is 0.241 e. The molecular weight excluding hydrogens is 362 g/mol. The van der Waals surface area contributed by atoms with Crippen LogP contribution in [0.1, 0.15) is 23.1 Å². The molecule has 1 aliphatic carbocycles. The van der Waals surface area contributed by atoms with Crippen molar-refractivity contribution < 1.29 is 9.53 Å². The van der Waals surface area contributed by atoms with Crippen molar-refractivity contribution in [2.45, 2.75) is 19.3 Å². The van der Waals surface area contributed by atoms with Gasteiger partial charge in [0.1, 0.15) is 5.75 Å². The van der Waals surface area contributed by atoms with E-state index in [0.29, 0.717) is 6.61 Å². The molecule has 0 saturated carbocycles. The zero-order chi connectivity index (χ0) is 12.9. The van der Waals surface area contributed by atoms with Crippen LogP contribution < -0.4 is 10.5 Å². The highest BCUT2D eigenvalue weighted by Crippen LogP contribution is 2.49. The van der Waals surface area contributed by atoms with Gasteiger partial charge in [-0.15, -0.1) is 0 Å². The van der Waals surface area contributed by atoms with Gasteiger partial charge >= 0.3 is 0 Å². The predicted molar refractivity (Wildman–Crippen MR) is 76.5 cm³/mol. The van der Waals surface area contributed by atoms with E-state index in [1.54, 1.807) is 6.08 Å². The Morgan fingerprint density at radius 1 is 1.17 bits per heavy atom. The molecule has 0 radical (unpaired) electrons. The molecule has 0 unspecified atom stereocenters. The van der Waals surface area contributed by atoms with Crippen LogP contribution in [0.15, 0.2) is 15.0 Å². The summed E-state index contributed by atoms with van der Waals surface area (Å²) >= 11 is 7.18. The molecule has 0 spiro atoms. The highest BCUT2D eigenvalue weighted by Gasteiger charge is 2.30. The molecule has 5 heteroatoms. The second kappa shape index (κ2) is 4.38. The molecule has 1 aliphatic heterocycles.